The van der Waals surface area contributed by atoms with Crippen molar-refractivity contribution >= 4 is 22.6 Å². The number of rotatable bonds is 11. The molecule has 2 aromatic carbocycles. The summed E-state index contributed by atoms with van der Waals surface area (Å²) < 4.78 is 0. The van der Waals surface area contributed by atoms with E-state index in [4.69, 9.17) is 0 Å². The van der Waals surface area contributed by atoms with Crippen LogP contribution in [0.4, 0.5) is 0 Å². The molecule has 2 aromatic rings. The Morgan fingerprint density at radius 3 is 2.36 bits per heavy atom. The number of hydrogen-bond acceptors (Lipinski definition) is 2. The van der Waals surface area contributed by atoms with Crippen LogP contribution in [0.25, 0.3) is 10.8 Å². The Bertz CT molecular complexity index is 772. The van der Waals surface area contributed by atoms with Crippen LogP contribution in [-0.4, -0.2) is 24.4 Å². The Hall–Kier alpha value is -2.36. The van der Waals surface area contributed by atoms with E-state index in [1.807, 2.05) is 25.1 Å². The molecule has 0 saturated carbocycles. The first-order valence-corrected chi connectivity index (χ1v) is 10.6. The van der Waals surface area contributed by atoms with Crippen LogP contribution >= 0.6 is 0 Å². The van der Waals surface area contributed by atoms with E-state index >= 15 is 0 Å². The van der Waals surface area contributed by atoms with Crippen molar-refractivity contribution in [3.05, 3.63) is 48.0 Å². The SMILES string of the molecule is CCCCNC(=O)C(Cc1ccc2ccccc2c1)NC(=O)C(CC)CCC. The highest BCUT2D eigenvalue weighted by Crippen LogP contribution is 2.17. The van der Waals surface area contributed by atoms with Crippen LogP contribution in [0.15, 0.2) is 42.5 Å². The lowest BCUT2D eigenvalue weighted by molar-refractivity contribution is -0.131. The molecule has 2 atom stereocenters. The number of amides is 2. The van der Waals surface area contributed by atoms with Crippen LogP contribution in [-0.2, 0) is 16.0 Å². The lowest BCUT2D eigenvalue weighted by Crippen LogP contribution is -2.49. The second kappa shape index (κ2) is 11.5. The summed E-state index contributed by atoms with van der Waals surface area (Å²) in [6.07, 6.45) is 5.07. The molecule has 4 heteroatoms. The first-order valence-electron chi connectivity index (χ1n) is 10.6. The Morgan fingerprint density at radius 2 is 1.68 bits per heavy atom. The minimum atomic E-state index is -0.545. The number of benzene rings is 2. The van der Waals surface area contributed by atoms with Gasteiger partial charge in [-0.25, -0.2) is 0 Å². The summed E-state index contributed by atoms with van der Waals surface area (Å²) in [4.78, 5) is 25.5. The molecule has 0 aliphatic heterocycles. The van der Waals surface area contributed by atoms with Gasteiger partial charge in [-0.3, -0.25) is 9.59 Å². The highest BCUT2D eigenvalue weighted by Gasteiger charge is 2.24. The zero-order chi connectivity index (χ0) is 20.4. The highest BCUT2D eigenvalue weighted by molar-refractivity contribution is 5.89. The zero-order valence-corrected chi connectivity index (χ0v) is 17.5. The number of carbonyl (C=O) groups is 2. The van der Waals surface area contributed by atoms with E-state index in [2.05, 4.69) is 48.7 Å². The van der Waals surface area contributed by atoms with Gasteiger partial charge in [0.15, 0.2) is 0 Å². The molecule has 0 radical (unpaired) electrons. The highest BCUT2D eigenvalue weighted by atomic mass is 16.2. The fourth-order valence-corrected chi connectivity index (χ4v) is 3.48. The van der Waals surface area contributed by atoms with E-state index < -0.39 is 6.04 Å². The maximum Gasteiger partial charge on any atom is 0.242 e. The average Bonchev–Trinajstić information content (AvgIpc) is 2.71. The molecule has 0 heterocycles. The van der Waals surface area contributed by atoms with Crippen molar-refractivity contribution in [3.63, 3.8) is 0 Å². The number of hydrogen-bond donors (Lipinski definition) is 2. The van der Waals surface area contributed by atoms with Crippen LogP contribution < -0.4 is 10.6 Å². The first kappa shape index (κ1) is 21.9. The predicted octanol–water partition coefficient (Wildman–Crippen LogP) is 4.61. The lowest BCUT2D eigenvalue weighted by Gasteiger charge is -2.22. The van der Waals surface area contributed by atoms with Crippen LogP contribution in [0.1, 0.15) is 58.4 Å². The lowest BCUT2D eigenvalue weighted by atomic mass is 9.97. The molecule has 2 rings (SSSR count). The molecule has 152 valence electrons. The Balaban J connectivity index is 2.15. The van der Waals surface area contributed by atoms with Gasteiger partial charge in [-0.05, 0) is 35.6 Å². The van der Waals surface area contributed by atoms with Gasteiger partial charge in [0.25, 0.3) is 0 Å². The maximum absolute atomic E-state index is 12.8. The summed E-state index contributed by atoms with van der Waals surface area (Å²) in [5, 5.41) is 8.33. The maximum atomic E-state index is 12.8. The summed E-state index contributed by atoms with van der Waals surface area (Å²) in [6, 6.07) is 13.9. The molecule has 2 N–H and O–H groups in total. The van der Waals surface area contributed by atoms with Crippen molar-refractivity contribution < 1.29 is 9.59 Å². The average molecular weight is 383 g/mol. The second-order valence-electron chi connectivity index (χ2n) is 7.49. The van der Waals surface area contributed by atoms with Gasteiger partial charge in [-0.15, -0.1) is 0 Å². The van der Waals surface area contributed by atoms with Crippen LogP contribution in [0.2, 0.25) is 0 Å². The molecule has 2 unspecified atom stereocenters. The molecule has 0 saturated heterocycles. The molecule has 0 aliphatic carbocycles. The van der Waals surface area contributed by atoms with Gasteiger partial charge < -0.3 is 10.6 Å². The summed E-state index contributed by atoms with van der Waals surface area (Å²) in [7, 11) is 0. The molecule has 0 fully saturated rings. The van der Waals surface area contributed by atoms with Crippen molar-refractivity contribution in [2.75, 3.05) is 6.54 Å². The van der Waals surface area contributed by atoms with Gasteiger partial charge in [0.05, 0.1) is 0 Å². The number of fused-ring (bicyclic) bond motifs is 1. The van der Waals surface area contributed by atoms with Gasteiger partial charge in [-0.2, -0.15) is 0 Å². The van der Waals surface area contributed by atoms with Crippen molar-refractivity contribution in [2.24, 2.45) is 5.92 Å². The van der Waals surface area contributed by atoms with Gasteiger partial charge in [0.1, 0.15) is 6.04 Å². The summed E-state index contributed by atoms with van der Waals surface area (Å²) in [5.41, 5.74) is 1.05. The van der Waals surface area contributed by atoms with E-state index in [0.717, 1.165) is 43.1 Å². The predicted molar refractivity (Wildman–Crippen MR) is 116 cm³/mol. The van der Waals surface area contributed by atoms with Crippen molar-refractivity contribution in [1.82, 2.24) is 10.6 Å². The summed E-state index contributed by atoms with van der Waals surface area (Å²) >= 11 is 0. The quantitative estimate of drug-likeness (QED) is 0.558. The molecule has 0 spiro atoms. The van der Waals surface area contributed by atoms with Crippen molar-refractivity contribution in [3.8, 4) is 0 Å². The molecule has 4 nitrogen and oxygen atoms in total. The minimum Gasteiger partial charge on any atom is -0.354 e. The zero-order valence-electron chi connectivity index (χ0n) is 17.5. The van der Waals surface area contributed by atoms with E-state index in [1.54, 1.807) is 0 Å². The smallest absolute Gasteiger partial charge is 0.242 e. The topological polar surface area (TPSA) is 58.2 Å². The third-order valence-corrected chi connectivity index (χ3v) is 5.22. The second-order valence-corrected chi connectivity index (χ2v) is 7.49. The van der Waals surface area contributed by atoms with Crippen LogP contribution in [0.5, 0.6) is 0 Å². The van der Waals surface area contributed by atoms with Crippen LogP contribution in [0.3, 0.4) is 0 Å². The van der Waals surface area contributed by atoms with Gasteiger partial charge >= 0.3 is 0 Å². The molecular formula is C24H34N2O2. The van der Waals surface area contributed by atoms with Crippen molar-refractivity contribution in [2.45, 2.75) is 65.3 Å². The van der Waals surface area contributed by atoms with Gasteiger partial charge in [-0.1, -0.05) is 76.1 Å². The molecule has 2 amide bonds. The van der Waals surface area contributed by atoms with E-state index in [1.165, 1.54) is 5.39 Å². The van der Waals surface area contributed by atoms with Gasteiger partial charge in [0.2, 0.25) is 11.8 Å². The van der Waals surface area contributed by atoms with Gasteiger partial charge in [0, 0.05) is 18.9 Å². The van der Waals surface area contributed by atoms with E-state index in [-0.39, 0.29) is 17.7 Å². The fraction of sp³-hybridized carbons (Fsp3) is 0.500. The Morgan fingerprint density at radius 1 is 0.929 bits per heavy atom. The van der Waals surface area contributed by atoms with E-state index in [9.17, 15) is 9.59 Å². The first-order chi connectivity index (χ1) is 13.6. The third kappa shape index (κ3) is 6.36. The summed E-state index contributed by atoms with van der Waals surface area (Å²) in [5.74, 6) is -0.144. The Kier molecular flexibility index (Phi) is 8.99. The normalized spacial score (nSPS) is 13.1. The Labute approximate surface area is 169 Å². The number of nitrogens with one attached hydrogen (secondary N) is 2. The largest absolute Gasteiger partial charge is 0.354 e. The standard InChI is InChI=1S/C24H34N2O2/c1-4-7-15-25-24(28)22(26-23(27)19(6-3)10-5-2)17-18-13-14-20-11-8-9-12-21(20)16-18/h8-9,11-14,16,19,22H,4-7,10,15,17H2,1-3H3,(H,25,28)(H,26,27). The molecule has 28 heavy (non-hydrogen) atoms. The minimum absolute atomic E-state index is 0.0132. The molecule has 0 aromatic heterocycles. The molecule has 0 aliphatic rings. The monoisotopic (exact) mass is 382 g/mol. The number of unbranched alkanes of at least 4 members (excludes halogenated alkanes) is 1. The van der Waals surface area contributed by atoms with Crippen LogP contribution in [0, 0.1) is 5.92 Å². The van der Waals surface area contributed by atoms with Crippen molar-refractivity contribution in [1.29, 1.82) is 0 Å². The number of carbonyl (C=O) groups excluding carboxylic acids is 2. The fourth-order valence-electron chi connectivity index (χ4n) is 3.48. The third-order valence-electron chi connectivity index (χ3n) is 5.22. The van der Waals surface area contributed by atoms with E-state index in [0.29, 0.717) is 13.0 Å². The molecular weight excluding hydrogens is 348 g/mol. The summed E-state index contributed by atoms with van der Waals surface area (Å²) in [6.45, 7) is 6.85. The molecule has 0 bridgehead atoms.